The topological polar surface area (TPSA) is 88.4 Å². The zero-order chi connectivity index (χ0) is 18.9. The molecule has 7 heteroatoms. The molecule has 132 valence electrons. The van der Waals surface area contributed by atoms with Crippen molar-refractivity contribution in [3.8, 4) is 0 Å². The molecule has 1 aromatic carbocycles. The van der Waals surface area contributed by atoms with Crippen LogP contribution in [0.15, 0.2) is 18.2 Å². The number of rotatable bonds is 5. The minimum Gasteiger partial charge on any atom is -0.475 e. The van der Waals surface area contributed by atoms with Crippen LogP contribution >= 0.6 is 0 Å². The highest BCUT2D eigenvalue weighted by atomic mass is 19.1. The SMILES string of the molecule is CCc1c(C(=O)Nc2ccc(F)c(C)c2)c(C)c(C(=O)C(=O)O)n1C. The largest absolute Gasteiger partial charge is 0.475 e. The molecular formula is C18H19FN2O4. The maximum Gasteiger partial charge on any atom is 0.378 e. The molecule has 0 saturated carbocycles. The van der Waals surface area contributed by atoms with Crippen molar-refractivity contribution in [2.45, 2.75) is 27.2 Å². The summed E-state index contributed by atoms with van der Waals surface area (Å²) in [5.41, 5.74) is 1.91. The molecule has 0 atom stereocenters. The lowest BCUT2D eigenvalue weighted by Crippen LogP contribution is -2.18. The van der Waals surface area contributed by atoms with Crippen LogP contribution in [0.4, 0.5) is 10.1 Å². The first kappa shape index (κ1) is 18.4. The average Bonchev–Trinajstić information content (AvgIpc) is 2.80. The molecular weight excluding hydrogens is 327 g/mol. The number of amides is 1. The zero-order valence-corrected chi connectivity index (χ0v) is 14.4. The highest BCUT2D eigenvalue weighted by molar-refractivity contribution is 6.40. The number of ketones is 1. The first-order valence-corrected chi connectivity index (χ1v) is 7.72. The number of aliphatic carboxylic acids is 1. The third-order valence-corrected chi connectivity index (χ3v) is 4.15. The molecule has 25 heavy (non-hydrogen) atoms. The van der Waals surface area contributed by atoms with E-state index in [4.69, 9.17) is 5.11 Å². The maximum atomic E-state index is 13.4. The van der Waals surface area contributed by atoms with Gasteiger partial charge in [0.2, 0.25) is 0 Å². The van der Waals surface area contributed by atoms with Gasteiger partial charge in [-0.1, -0.05) is 6.92 Å². The molecule has 0 radical (unpaired) electrons. The molecule has 1 heterocycles. The number of carbonyl (C=O) groups excluding carboxylic acids is 2. The smallest absolute Gasteiger partial charge is 0.378 e. The molecule has 0 aliphatic rings. The van der Waals surface area contributed by atoms with E-state index in [-0.39, 0.29) is 17.1 Å². The highest BCUT2D eigenvalue weighted by Crippen LogP contribution is 2.24. The lowest BCUT2D eigenvalue weighted by molar-refractivity contribution is -0.131. The van der Waals surface area contributed by atoms with Gasteiger partial charge >= 0.3 is 5.97 Å². The summed E-state index contributed by atoms with van der Waals surface area (Å²) >= 11 is 0. The van der Waals surface area contributed by atoms with Gasteiger partial charge in [-0.05, 0) is 49.6 Å². The number of benzene rings is 1. The summed E-state index contributed by atoms with van der Waals surface area (Å²) in [4.78, 5) is 35.7. The van der Waals surface area contributed by atoms with Crippen molar-refractivity contribution in [3.05, 3.63) is 52.1 Å². The van der Waals surface area contributed by atoms with Crippen LogP contribution in [0.25, 0.3) is 0 Å². The van der Waals surface area contributed by atoms with Gasteiger partial charge in [0.15, 0.2) is 0 Å². The molecule has 1 amide bonds. The predicted molar refractivity (Wildman–Crippen MR) is 90.6 cm³/mol. The van der Waals surface area contributed by atoms with E-state index in [9.17, 15) is 18.8 Å². The molecule has 1 aromatic heterocycles. The van der Waals surface area contributed by atoms with Gasteiger partial charge in [0.25, 0.3) is 11.7 Å². The Kier molecular flexibility index (Phi) is 5.06. The van der Waals surface area contributed by atoms with Crippen molar-refractivity contribution in [1.82, 2.24) is 4.57 Å². The number of halogens is 1. The number of carbonyl (C=O) groups is 3. The Bertz CT molecular complexity index is 884. The van der Waals surface area contributed by atoms with Gasteiger partial charge in [0, 0.05) is 18.4 Å². The van der Waals surface area contributed by atoms with Gasteiger partial charge in [-0.25, -0.2) is 9.18 Å². The second kappa shape index (κ2) is 6.88. The van der Waals surface area contributed by atoms with E-state index in [0.29, 0.717) is 28.9 Å². The second-order valence-corrected chi connectivity index (χ2v) is 5.76. The van der Waals surface area contributed by atoms with E-state index in [1.807, 2.05) is 6.92 Å². The number of carboxylic acids is 1. The van der Waals surface area contributed by atoms with Crippen molar-refractivity contribution >= 4 is 23.3 Å². The summed E-state index contributed by atoms with van der Waals surface area (Å²) in [5, 5.41) is 11.7. The normalized spacial score (nSPS) is 10.6. The fourth-order valence-electron chi connectivity index (χ4n) is 2.94. The predicted octanol–water partition coefficient (Wildman–Crippen LogP) is 2.86. The molecule has 0 spiro atoms. The summed E-state index contributed by atoms with van der Waals surface area (Å²) < 4.78 is 14.8. The molecule has 0 fully saturated rings. The molecule has 6 nitrogen and oxygen atoms in total. The highest BCUT2D eigenvalue weighted by Gasteiger charge is 2.29. The average molecular weight is 346 g/mol. The van der Waals surface area contributed by atoms with E-state index in [1.165, 1.54) is 22.8 Å². The summed E-state index contributed by atoms with van der Waals surface area (Å²) in [6.07, 6.45) is 0.440. The lowest BCUT2D eigenvalue weighted by Gasteiger charge is -2.09. The molecule has 0 aliphatic carbocycles. The fourth-order valence-corrected chi connectivity index (χ4v) is 2.94. The molecule has 0 aliphatic heterocycles. The van der Waals surface area contributed by atoms with Crippen LogP contribution < -0.4 is 5.32 Å². The second-order valence-electron chi connectivity index (χ2n) is 5.76. The minimum absolute atomic E-state index is 0.0233. The standard InChI is InChI=1S/C18H19FN2O4/c1-5-13-14(10(3)15(21(13)4)16(22)18(24)25)17(23)20-11-6-7-12(19)9(2)8-11/h6-8H,5H2,1-4H3,(H,20,23)(H,24,25). The number of nitrogens with zero attached hydrogens (tertiary/aromatic N) is 1. The number of hydrogen-bond donors (Lipinski definition) is 2. The van der Waals surface area contributed by atoms with Crippen molar-refractivity contribution in [2.24, 2.45) is 7.05 Å². The van der Waals surface area contributed by atoms with Gasteiger partial charge in [-0.3, -0.25) is 9.59 Å². The Hall–Kier alpha value is -2.96. The van der Waals surface area contributed by atoms with E-state index in [0.717, 1.165) is 0 Å². The minimum atomic E-state index is -1.58. The summed E-state index contributed by atoms with van der Waals surface area (Å²) in [7, 11) is 1.56. The molecule has 2 aromatic rings. The lowest BCUT2D eigenvalue weighted by atomic mass is 10.1. The Labute approximate surface area is 144 Å². The van der Waals surface area contributed by atoms with Crippen LogP contribution in [-0.2, 0) is 18.3 Å². The number of nitrogens with one attached hydrogen (secondary N) is 1. The van der Waals surface area contributed by atoms with Crippen molar-refractivity contribution in [1.29, 1.82) is 0 Å². The quantitative estimate of drug-likeness (QED) is 0.644. The molecule has 0 unspecified atom stereocenters. The number of hydrogen-bond acceptors (Lipinski definition) is 3. The monoisotopic (exact) mass is 346 g/mol. The van der Waals surface area contributed by atoms with Crippen LogP contribution in [0.5, 0.6) is 0 Å². The van der Waals surface area contributed by atoms with Crippen molar-refractivity contribution < 1.29 is 23.9 Å². The van der Waals surface area contributed by atoms with Crippen LogP contribution in [0.2, 0.25) is 0 Å². The Morgan fingerprint density at radius 2 is 1.88 bits per heavy atom. The summed E-state index contributed by atoms with van der Waals surface area (Å²) in [5.74, 6) is -3.49. The Morgan fingerprint density at radius 3 is 2.40 bits per heavy atom. The van der Waals surface area contributed by atoms with Crippen LogP contribution in [0.3, 0.4) is 0 Å². The number of carboxylic acid groups (broad SMARTS) is 1. The van der Waals surface area contributed by atoms with Crippen molar-refractivity contribution in [3.63, 3.8) is 0 Å². The maximum absolute atomic E-state index is 13.4. The third kappa shape index (κ3) is 3.31. The van der Waals surface area contributed by atoms with Gasteiger partial charge in [0.1, 0.15) is 11.5 Å². The van der Waals surface area contributed by atoms with Crippen LogP contribution in [0.1, 0.15) is 44.6 Å². The first-order valence-electron chi connectivity index (χ1n) is 7.72. The van der Waals surface area contributed by atoms with E-state index >= 15 is 0 Å². The van der Waals surface area contributed by atoms with Gasteiger partial charge in [-0.2, -0.15) is 0 Å². The van der Waals surface area contributed by atoms with E-state index < -0.39 is 17.7 Å². The summed E-state index contributed by atoms with van der Waals surface area (Å²) in [6, 6.07) is 4.19. The molecule has 0 saturated heterocycles. The van der Waals surface area contributed by atoms with E-state index in [1.54, 1.807) is 20.9 Å². The Morgan fingerprint density at radius 1 is 1.24 bits per heavy atom. The number of aryl methyl sites for hydroxylation is 1. The third-order valence-electron chi connectivity index (χ3n) is 4.15. The fraction of sp³-hybridized carbons (Fsp3) is 0.278. The number of Topliss-reactive ketones (excluding diaryl/α,β-unsaturated/α-hetero) is 1. The zero-order valence-electron chi connectivity index (χ0n) is 14.4. The molecule has 0 bridgehead atoms. The van der Waals surface area contributed by atoms with Gasteiger partial charge in [0.05, 0.1) is 5.56 Å². The van der Waals surface area contributed by atoms with Crippen molar-refractivity contribution in [2.75, 3.05) is 5.32 Å². The number of aromatic nitrogens is 1. The van der Waals surface area contributed by atoms with Crippen LogP contribution in [-0.4, -0.2) is 27.3 Å². The van der Waals surface area contributed by atoms with Gasteiger partial charge < -0.3 is 15.0 Å². The van der Waals surface area contributed by atoms with E-state index in [2.05, 4.69) is 5.32 Å². The van der Waals surface area contributed by atoms with Crippen LogP contribution in [0, 0.1) is 19.7 Å². The molecule has 2 N–H and O–H groups in total. The first-order chi connectivity index (χ1) is 11.7. The van der Waals surface area contributed by atoms with Gasteiger partial charge in [-0.15, -0.1) is 0 Å². The Balaban J connectivity index is 2.48. The molecule has 2 rings (SSSR count). The number of anilines is 1. The summed E-state index contributed by atoms with van der Waals surface area (Å²) in [6.45, 7) is 4.93.